The van der Waals surface area contributed by atoms with Crippen LogP contribution in [0.3, 0.4) is 0 Å². The van der Waals surface area contributed by atoms with Gasteiger partial charge in [0.05, 0.1) is 5.88 Å². The van der Waals surface area contributed by atoms with Gasteiger partial charge in [0.25, 0.3) is 0 Å². The molecule has 0 aromatic rings. The Morgan fingerprint density at radius 3 is 2.42 bits per heavy atom. The van der Waals surface area contributed by atoms with Gasteiger partial charge in [-0.15, -0.1) is 11.8 Å². The number of carbonyl (C=O) groups is 2. The number of thioether (sulfide) groups is 1. The fourth-order valence-electron chi connectivity index (χ4n) is 2.92. The number of rotatable bonds is 5. The van der Waals surface area contributed by atoms with Crippen molar-refractivity contribution in [3.8, 4) is 0 Å². The van der Waals surface area contributed by atoms with Gasteiger partial charge in [0.15, 0.2) is 0 Å². The number of carboxylic acid groups (broad SMARTS) is 1. The molecule has 1 atom stereocenters. The molecule has 1 heterocycles. The number of nitrogens with zero attached hydrogens (tertiary/aromatic N) is 1. The van der Waals surface area contributed by atoms with E-state index in [4.69, 9.17) is 5.11 Å². The van der Waals surface area contributed by atoms with Crippen LogP contribution in [0, 0.1) is 17.8 Å². The topological polar surface area (TPSA) is 69.6 Å². The van der Waals surface area contributed by atoms with Crippen molar-refractivity contribution in [1.82, 2.24) is 10.2 Å². The predicted octanol–water partition coefficient (Wildman–Crippen LogP) is 1.59. The lowest BCUT2D eigenvalue weighted by molar-refractivity contribution is -0.140. The van der Waals surface area contributed by atoms with Crippen molar-refractivity contribution < 1.29 is 14.7 Å². The first-order chi connectivity index (χ1) is 9.16. The maximum absolute atomic E-state index is 12.1. The molecule has 0 spiro atoms. The maximum atomic E-state index is 12.1. The van der Waals surface area contributed by atoms with Crippen molar-refractivity contribution in [2.75, 3.05) is 18.2 Å². The summed E-state index contributed by atoms with van der Waals surface area (Å²) in [5, 5.41) is 12.0. The molecule has 5 nitrogen and oxygen atoms in total. The highest BCUT2D eigenvalue weighted by molar-refractivity contribution is 7.99. The van der Waals surface area contributed by atoms with E-state index in [1.165, 1.54) is 42.3 Å². The summed E-state index contributed by atoms with van der Waals surface area (Å²) in [6.45, 7) is 0.724. The van der Waals surface area contributed by atoms with Crippen LogP contribution in [0.2, 0.25) is 0 Å². The SMILES string of the molecule is O=C(O)C1CSCN1C(=O)NCC(C1CC1)C1CC1. The summed E-state index contributed by atoms with van der Waals surface area (Å²) < 4.78 is 0. The van der Waals surface area contributed by atoms with E-state index in [0.29, 0.717) is 17.5 Å². The molecule has 0 bridgehead atoms. The second-order valence-corrected chi connectivity index (χ2v) is 6.85. The molecule has 6 heteroatoms. The first-order valence-corrected chi connectivity index (χ1v) is 8.17. The van der Waals surface area contributed by atoms with E-state index in [1.807, 2.05) is 0 Å². The Balaban J connectivity index is 1.51. The first-order valence-electron chi connectivity index (χ1n) is 7.02. The molecule has 2 aliphatic carbocycles. The van der Waals surface area contributed by atoms with Crippen molar-refractivity contribution in [2.45, 2.75) is 31.7 Å². The third-order valence-electron chi connectivity index (χ3n) is 4.37. The number of nitrogens with one attached hydrogen (secondary N) is 1. The Morgan fingerprint density at radius 1 is 1.26 bits per heavy atom. The Kier molecular flexibility index (Phi) is 3.60. The summed E-state index contributed by atoms with van der Waals surface area (Å²) in [7, 11) is 0. The lowest BCUT2D eigenvalue weighted by Crippen LogP contribution is -2.48. The molecule has 0 radical (unpaired) electrons. The van der Waals surface area contributed by atoms with E-state index in [0.717, 1.165) is 18.4 Å². The average Bonchev–Trinajstić information content (AvgIpc) is 3.29. The largest absolute Gasteiger partial charge is 0.480 e. The molecule has 1 aliphatic heterocycles. The summed E-state index contributed by atoms with van der Waals surface area (Å²) in [6.07, 6.45) is 5.20. The van der Waals surface area contributed by atoms with Crippen LogP contribution in [-0.4, -0.2) is 46.2 Å². The molecular formula is C13H20N2O3S. The lowest BCUT2D eigenvalue weighted by Gasteiger charge is -2.23. The fourth-order valence-corrected chi connectivity index (χ4v) is 4.07. The van der Waals surface area contributed by atoms with Crippen LogP contribution in [0.1, 0.15) is 25.7 Å². The van der Waals surface area contributed by atoms with Gasteiger partial charge in [0.2, 0.25) is 0 Å². The summed E-state index contributed by atoms with van der Waals surface area (Å²) in [4.78, 5) is 24.6. The summed E-state index contributed by atoms with van der Waals surface area (Å²) in [6, 6.07) is -0.867. The van der Waals surface area contributed by atoms with Gasteiger partial charge in [-0.25, -0.2) is 9.59 Å². The molecule has 1 unspecified atom stereocenters. The number of hydrogen-bond acceptors (Lipinski definition) is 3. The minimum atomic E-state index is -0.902. The number of hydrogen-bond donors (Lipinski definition) is 2. The number of amides is 2. The summed E-state index contributed by atoms with van der Waals surface area (Å²) >= 11 is 1.50. The zero-order chi connectivity index (χ0) is 13.4. The molecule has 106 valence electrons. The van der Waals surface area contributed by atoms with Crippen LogP contribution in [0.25, 0.3) is 0 Å². The lowest BCUT2D eigenvalue weighted by atomic mass is 9.98. The highest BCUT2D eigenvalue weighted by atomic mass is 32.2. The number of urea groups is 1. The van der Waals surface area contributed by atoms with Gasteiger partial charge < -0.3 is 15.3 Å². The predicted molar refractivity (Wildman–Crippen MR) is 72.9 cm³/mol. The van der Waals surface area contributed by atoms with Gasteiger partial charge >= 0.3 is 12.0 Å². The first kappa shape index (κ1) is 13.1. The number of carbonyl (C=O) groups excluding carboxylic acids is 1. The minimum absolute atomic E-state index is 0.205. The molecule has 3 fully saturated rings. The molecule has 0 aromatic heterocycles. The smallest absolute Gasteiger partial charge is 0.327 e. The van der Waals surface area contributed by atoms with Crippen LogP contribution in [0.5, 0.6) is 0 Å². The molecule has 1 saturated heterocycles. The molecule has 3 rings (SSSR count). The van der Waals surface area contributed by atoms with Gasteiger partial charge in [-0.05, 0) is 43.4 Å². The summed E-state index contributed by atoms with van der Waals surface area (Å²) in [5.74, 6) is 2.31. The Bertz CT molecular complexity index is 370. The molecule has 2 saturated carbocycles. The van der Waals surface area contributed by atoms with Gasteiger partial charge in [-0.1, -0.05) is 0 Å². The zero-order valence-corrected chi connectivity index (χ0v) is 11.7. The average molecular weight is 284 g/mol. The van der Waals surface area contributed by atoms with Crippen LogP contribution < -0.4 is 5.32 Å². The monoisotopic (exact) mass is 284 g/mol. The molecule has 3 aliphatic rings. The van der Waals surface area contributed by atoms with Crippen LogP contribution in [0.4, 0.5) is 4.79 Å². The van der Waals surface area contributed by atoms with Crippen molar-refractivity contribution in [2.24, 2.45) is 17.8 Å². The van der Waals surface area contributed by atoms with Gasteiger partial charge in [0.1, 0.15) is 6.04 Å². The standard InChI is InChI=1S/C13H20N2O3S/c16-12(17)11-6-19-7-15(11)13(18)14-5-10(8-1-2-8)9-3-4-9/h8-11H,1-7H2,(H,14,18)(H,16,17). The van der Waals surface area contributed by atoms with E-state index in [-0.39, 0.29) is 6.03 Å². The Hall–Kier alpha value is -0.910. The van der Waals surface area contributed by atoms with Gasteiger partial charge in [-0.2, -0.15) is 0 Å². The zero-order valence-electron chi connectivity index (χ0n) is 10.9. The summed E-state index contributed by atoms with van der Waals surface area (Å²) in [5.41, 5.74) is 0. The third kappa shape index (κ3) is 2.99. The Morgan fingerprint density at radius 2 is 1.89 bits per heavy atom. The van der Waals surface area contributed by atoms with E-state index in [9.17, 15) is 9.59 Å². The van der Waals surface area contributed by atoms with E-state index >= 15 is 0 Å². The third-order valence-corrected chi connectivity index (χ3v) is 5.38. The van der Waals surface area contributed by atoms with E-state index in [2.05, 4.69) is 5.32 Å². The van der Waals surface area contributed by atoms with Crippen molar-refractivity contribution >= 4 is 23.8 Å². The second kappa shape index (κ2) is 5.23. The van der Waals surface area contributed by atoms with Crippen molar-refractivity contribution in [1.29, 1.82) is 0 Å². The highest BCUT2D eigenvalue weighted by Crippen LogP contribution is 2.48. The molecular weight excluding hydrogens is 264 g/mol. The van der Waals surface area contributed by atoms with Gasteiger partial charge in [0, 0.05) is 12.3 Å². The maximum Gasteiger partial charge on any atom is 0.327 e. The Labute approximate surface area is 117 Å². The molecule has 19 heavy (non-hydrogen) atoms. The van der Waals surface area contributed by atoms with E-state index in [1.54, 1.807) is 0 Å². The fraction of sp³-hybridized carbons (Fsp3) is 0.846. The molecule has 2 amide bonds. The van der Waals surface area contributed by atoms with Crippen molar-refractivity contribution in [3.05, 3.63) is 0 Å². The van der Waals surface area contributed by atoms with Crippen LogP contribution >= 0.6 is 11.8 Å². The van der Waals surface area contributed by atoms with E-state index < -0.39 is 12.0 Å². The second-order valence-electron chi connectivity index (χ2n) is 5.85. The van der Waals surface area contributed by atoms with Crippen LogP contribution in [-0.2, 0) is 4.79 Å². The molecule has 0 aromatic carbocycles. The number of aliphatic carboxylic acids is 1. The molecule has 2 N–H and O–H groups in total. The quantitative estimate of drug-likeness (QED) is 0.804. The highest BCUT2D eigenvalue weighted by Gasteiger charge is 2.42. The van der Waals surface area contributed by atoms with Crippen LogP contribution in [0.15, 0.2) is 0 Å². The minimum Gasteiger partial charge on any atom is -0.480 e. The number of carboxylic acids is 1. The normalized spacial score (nSPS) is 26.8. The van der Waals surface area contributed by atoms with Crippen molar-refractivity contribution in [3.63, 3.8) is 0 Å². The van der Waals surface area contributed by atoms with Gasteiger partial charge in [-0.3, -0.25) is 0 Å².